The molecule has 19 heavy (non-hydrogen) atoms. The number of nitrogens with zero attached hydrogens (tertiary/aromatic N) is 3. The molecule has 0 saturated carbocycles. The minimum Gasteiger partial charge on any atom is -0.382 e. The highest BCUT2D eigenvalue weighted by Gasteiger charge is 2.09. The van der Waals surface area contributed by atoms with Gasteiger partial charge in [-0.15, -0.1) is 16.7 Å². The summed E-state index contributed by atoms with van der Waals surface area (Å²) in [6.07, 6.45) is 2.70. The zero-order valence-corrected chi connectivity index (χ0v) is 12.3. The molecule has 0 N–H and O–H groups in total. The Morgan fingerprint density at radius 2 is 1.89 bits per heavy atom. The molecule has 110 valence electrons. The smallest absolute Gasteiger partial charge is 0.100 e. The lowest BCUT2D eigenvalue weighted by Crippen LogP contribution is -2.12. The monoisotopic (exact) mass is 291 g/mol. The highest BCUT2D eigenvalue weighted by molar-refractivity contribution is 6.20. The van der Waals surface area contributed by atoms with Crippen molar-refractivity contribution in [2.45, 2.75) is 25.3 Å². The third-order valence-electron chi connectivity index (χ3n) is 2.50. The second-order valence-corrected chi connectivity index (χ2v) is 4.53. The van der Waals surface area contributed by atoms with E-state index in [2.05, 4.69) is 10.3 Å². The van der Waals surface area contributed by atoms with Crippen molar-refractivity contribution in [3.05, 3.63) is 11.9 Å². The molecule has 0 amide bonds. The van der Waals surface area contributed by atoms with Gasteiger partial charge in [-0.3, -0.25) is 0 Å². The van der Waals surface area contributed by atoms with E-state index in [1.807, 2.05) is 13.1 Å². The van der Waals surface area contributed by atoms with Crippen LogP contribution in [-0.2, 0) is 20.8 Å². The highest BCUT2D eigenvalue weighted by Crippen LogP contribution is 2.20. The molecule has 0 spiro atoms. The summed E-state index contributed by atoms with van der Waals surface area (Å²) in [5.74, 6) is 0. The van der Waals surface area contributed by atoms with Crippen LogP contribution >= 0.6 is 11.6 Å². The summed E-state index contributed by atoms with van der Waals surface area (Å²) in [6.45, 7) is 5.61. The van der Waals surface area contributed by atoms with Gasteiger partial charge in [-0.2, -0.15) is 0 Å². The first-order chi connectivity index (χ1) is 9.27. The van der Waals surface area contributed by atoms with Crippen LogP contribution in [0.3, 0.4) is 0 Å². The van der Waals surface area contributed by atoms with E-state index in [-0.39, 0.29) is 5.38 Å². The van der Waals surface area contributed by atoms with Gasteiger partial charge in [0.2, 0.25) is 0 Å². The molecule has 6 nitrogen and oxygen atoms in total. The normalized spacial score (nSPS) is 12.8. The van der Waals surface area contributed by atoms with Gasteiger partial charge in [-0.25, -0.2) is 4.68 Å². The van der Waals surface area contributed by atoms with Crippen molar-refractivity contribution in [1.82, 2.24) is 15.0 Å². The molecule has 1 aromatic rings. The van der Waals surface area contributed by atoms with E-state index in [9.17, 15) is 0 Å². The van der Waals surface area contributed by atoms with E-state index in [0.29, 0.717) is 39.6 Å². The molecule has 0 aliphatic heterocycles. The summed E-state index contributed by atoms with van der Waals surface area (Å²) in [4.78, 5) is 0. The van der Waals surface area contributed by atoms with Gasteiger partial charge in [0, 0.05) is 7.11 Å². The summed E-state index contributed by atoms with van der Waals surface area (Å²) in [7, 11) is 1.65. The molecule has 0 fully saturated rings. The van der Waals surface area contributed by atoms with Crippen LogP contribution in [0.15, 0.2) is 6.20 Å². The molecule has 0 bridgehead atoms. The van der Waals surface area contributed by atoms with E-state index >= 15 is 0 Å². The fourth-order valence-electron chi connectivity index (χ4n) is 1.40. The second kappa shape index (κ2) is 10.1. The Morgan fingerprint density at radius 1 is 1.21 bits per heavy atom. The number of ether oxygens (including phenoxy) is 3. The third-order valence-corrected chi connectivity index (χ3v) is 3.04. The van der Waals surface area contributed by atoms with Gasteiger partial charge in [0.25, 0.3) is 0 Å². The Morgan fingerprint density at radius 3 is 2.58 bits per heavy atom. The first-order valence-electron chi connectivity index (χ1n) is 6.46. The van der Waals surface area contributed by atoms with E-state index in [4.69, 9.17) is 25.8 Å². The average Bonchev–Trinajstić information content (AvgIpc) is 2.89. The minimum atomic E-state index is -0.0659. The molecule has 0 aliphatic rings. The summed E-state index contributed by atoms with van der Waals surface area (Å²) in [5, 5.41) is 7.95. The summed E-state index contributed by atoms with van der Waals surface area (Å²) in [6, 6.07) is 0. The van der Waals surface area contributed by atoms with Crippen LogP contribution in [0.1, 0.15) is 24.4 Å². The maximum absolute atomic E-state index is 6.07. The zero-order chi connectivity index (χ0) is 13.9. The quantitative estimate of drug-likeness (QED) is 0.458. The number of aromatic nitrogens is 3. The molecule has 0 aromatic carbocycles. The first-order valence-corrected chi connectivity index (χ1v) is 6.90. The van der Waals surface area contributed by atoms with Gasteiger partial charge in [0.05, 0.1) is 51.2 Å². The van der Waals surface area contributed by atoms with Gasteiger partial charge >= 0.3 is 0 Å². The largest absolute Gasteiger partial charge is 0.382 e. The van der Waals surface area contributed by atoms with Crippen LogP contribution in [0, 0.1) is 0 Å². The Labute approximate surface area is 119 Å². The van der Waals surface area contributed by atoms with E-state index in [0.717, 1.165) is 12.1 Å². The highest BCUT2D eigenvalue weighted by atomic mass is 35.5. The van der Waals surface area contributed by atoms with Gasteiger partial charge < -0.3 is 14.2 Å². The van der Waals surface area contributed by atoms with Gasteiger partial charge in [0.15, 0.2) is 0 Å². The zero-order valence-electron chi connectivity index (χ0n) is 11.5. The number of alkyl halides is 1. The lowest BCUT2D eigenvalue weighted by molar-refractivity contribution is 0.0224. The lowest BCUT2D eigenvalue weighted by Gasteiger charge is -2.05. The summed E-state index contributed by atoms with van der Waals surface area (Å²) < 4.78 is 17.3. The molecule has 1 atom stereocenters. The van der Waals surface area contributed by atoms with Crippen molar-refractivity contribution in [1.29, 1.82) is 0 Å². The van der Waals surface area contributed by atoms with E-state index in [1.165, 1.54) is 0 Å². The minimum absolute atomic E-state index is 0.0659. The maximum atomic E-state index is 6.07. The molecule has 7 heteroatoms. The van der Waals surface area contributed by atoms with Gasteiger partial charge in [0.1, 0.15) is 5.69 Å². The lowest BCUT2D eigenvalue weighted by atomic mass is 10.3. The Kier molecular flexibility index (Phi) is 8.73. The van der Waals surface area contributed by atoms with Crippen LogP contribution in [0.4, 0.5) is 0 Å². The van der Waals surface area contributed by atoms with Crippen LogP contribution in [-0.4, -0.2) is 55.1 Å². The molecule has 1 rings (SSSR count). The second-order valence-electron chi connectivity index (χ2n) is 4.00. The van der Waals surface area contributed by atoms with Crippen LogP contribution in [0.2, 0.25) is 0 Å². The standard InChI is InChI=1S/C12H22ClN3O3/c1-3-11(13)12-10-16(15-14-12)4-5-18-8-9-19-7-6-17-2/h10-11H,3-9H2,1-2H3. The Balaban J connectivity index is 2.04. The van der Waals surface area contributed by atoms with Crippen molar-refractivity contribution >= 4 is 11.6 Å². The van der Waals surface area contributed by atoms with E-state index in [1.54, 1.807) is 11.8 Å². The fourth-order valence-corrected chi connectivity index (χ4v) is 1.50. The van der Waals surface area contributed by atoms with Crippen molar-refractivity contribution in [3.63, 3.8) is 0 Å². The molecule has 0 saturated heterocycles. The first kappa shape index (κ1) is 16.4. The van der Waals surface area contributed by atoms with Crippen LogP contribution < -0.4 is 0 Å². The Hall–Kier alpha value is -0.690. The topological polar surface area (TPSA) is 58.4 Å². The molecule has 1 unspecified atom stereocenters. The molecular weight excluding hydrogens is 270 g/mol. The summed E-state index contributed by atoms with van der Waals surface area (Å²) >= 11 is 6.07. The number of rotatable bonds is 11. The predicted octanol–water partition coefficient (Wildman–Crippen LogP) is 1.65. The van der Waals surface area contributed by atoms with Crippen molar-refractivity contribution < 1.29 is 14.2 Å². The number of hydrogen-bond donors (Lipinski definition) is 0. The predicted molar refractivity (Wildman–Crippen MR) is 72.4 cm³/mol. The number of hydrogen-bond acceptors (Lipinski definition) is 5. The van der Waals surface area contributed by atoms with Crippen LogP contribution in [0.5, 0.6) is 0 Å². The van der Waals surface area contributed by atoms with E-state index < -0.39 is 0 Å². The Bertz CT molecular complexity index is 336. The number of halogens is 1. The third kappa shape index (κ3) is 6.87. The summed E-state index contributed by atoms with van der Waals surface area (Å²) in [5.41, 5.74) is 0.812. The van der Waals surface area contributed by atoms with Crippen LogP contribution in [0.25, 0.3) is 0 Å². The SMILES string of the molecule is CCC(Cl)c1cn(CCOCCOCCOC)nn1. The molecule has 1 heterocycles. The molecule has 0 aliphatic carbocycles. The van der Waals surface area contributed by atoms with Gasteiger partial charge in [-0.1, -0.05) is 12.1 Å². The molecule has 0 radical (unpaired) electrons. The van der Waals surface area contributed by atoms with Crippen molar-refractivity contribution in [2.75, 3.05) is 40.1 Å². The fraction of sp³-hybridized carbons (Fsp3) is 0.833. The average molecular weight is 292 g/mol. The van der Waals surface area contributed by atoms with Crippen molar-refractivity contribution in [3.8, 4) is 0 Å². The number of methoxy groups -OCH3 is 1. The maximum Gasteiger partial charge on any atom is 0.100 e. The molecule has 1 aromatic heterocycles. The molecular formula is C12H22ClN3O3. The van der Waals surface area contributed by atoms with Crippen molar-refractivity contribution in [2.24, 2.45) is 0 Å². The van der Waals surface area contributed by atoms with Gasteiger partial charge in [-0.05, 0) is 6.42 Å².